The summed E-state index contributed by atoms with van der Waals surface area (Å²) in [5, 5.41) is 22.2. The Balaban J connectivity index is 4.47. The largest absolute Gasteiger partial charge is 0.481 e. The van der Waals surface area contributed by atoms with E-state index in [0.717, 1.165) is 0 Å². The molecule has 3 atom stereocenters. The zero-order chi connectivity index (χ0) is 18.0. The fraction of sp³-hybridized carbons (Fsp3) is 0.692. The first-order valence-electron chi connectivity index (χ1n) is 7.20. The number of carboxylic acid groups (broad SMARTS) is 2. The fourth-order valence-corrected chi connectivity index (χ4v) is 1.71. The van der Waals surface area contributed by atoms with Crippen molar-refractivity contribution in [2.24, 2.45) is 11.5 Å². The molecule has 8 N–H and O–H groups in total. The van der Waals surface area contributed by atoms with Crippen LogP contribution in [-0.4, -0.2) is 58.6 Å². The molecule has 3 unspecified atom stereocenters. The van der Waals surface area contributed by atoms with E-state index in [4.69, 9.17) is 21.7 Å². The number of carbonyl (C=O) groups excluding carboxylic acids is 2. The summed E-state index contributed by atoms with van der Waals surface area (Å²) >= 11 is 0. The summed E-state index contributed by atoms with van der Waals surface area (Å²) in [6.45, 7) is 1.77. The van der Waals surface area contributed by atoms with Gasteiger partial charge in [-0.3, -0.25) is 14.4 Å². The van der Waals surface area contributed by atoms with Crippen LogP contribution in [-0.2, 0) is 19.2 Å². The molecule has 0 aliphatic carbocycles. The predicted octanol–water partition coefficient (Wildman–Crippen LogP) is -2.01. The van der Waals surface area contributed by atoms with E-state index in [2.05, 4.69) is 10.6 Å². The highest BCUT2D eigenvalue weighted by atomic mass is 16.4. The van der Waals surface area contributed by atoms with Crippen LogP contribution in [0.5, 0.6) is 0 Å². The zero-order valence-corrected chi connectivity index (χ0v) is 12.9. The Morgan fingerprint density at radius 1 is 1.04 bits per heavy atom. The van der Waals surface area contributed by atoms with Crippen molar-refractivity contribution in [3.05, 3.63) is 0 Å². The van der Waals surface area contributed by atoms with Crippen molar-refractivity contribution >= 4 is 23.8 Å². The first-order chi connectivity index (χ1) is 10.7. The lowest BCUT2D eigenvalue weighted by Crippen LogP contribution is -2.53. The Kier molecular flexibility index (Phi) is 9.51. The highest BCUT2D eigenvalue weighted by Crippen LogP contribution is 2.01. The maximum Gasteiger partial charge on any atom is 0.326 e. The molecule has 10 nitrogen and oxygen atoms in total. The first kappa shape index (κ1) is 20.8. The summed E-state index contributed by atoms with van der Waals surface area (Å²) < 4.78 is 0. The second-order valence-corrected chi connectivity index (χ2v) is 5.12. The summed E-state index contributed by atoms with van der Waals surface area (Å²) in [4.78, 5) is 45.1. The Bertz CT molecular complexity index is 442. The highest BCUT2D eigenvalue weighted by Gasteiger charge is 2.25. The number of carbonyl (C=O) groups is 4. The van der Waals surface area contributed by atoms with Gasteiger partial charge in [-0.2, -0.15) is 0 Å². The molecular weight excluding hydrogens is 308 g/mol. The predicted molar refractivity (Wildman–Crippen MR) is 80.3 cm³/mol. The van der Waals surface area contributed by atoms with Crippen LogP contribution in [0.15, 0.2) is 0 Å². The van der Waals surface area contributed by atoms with Crippen LogP contribution in [0.3, 0.4) is 0 Å². The minimum absolute atomic E-state index is 0.220. The molecule has 0 aromatic rings. The van der Waals surface area contributed by atoms with Gasteiger partial charge >= 0.3 is 11.9 Å². The van der Waals surface area contributed by atoms with Crippen molar-refractivity contribution in [3.8, 4) is 0 Å². The van der Waals surface area contributed by atoms with Gasteiger partial charge in [0, 0.05) is 0 Å². The monoisotopic (exact) mass is 332 g/mol. The van der Waals surface area contributed by atoms with Gasteiger partial charge in [-0.05, 0) is 32.7 Å². The normalized spacial score (nSPS) is 14.4. The Hall–Kier alpha value is -2.20. The topological polar surface area (TPSA) is 185 Å². The maximum absolute atomic E-state index is 11.9. The number of rotatable bonds is 11. The third-order valence-electron chi connectivity index (χ3n) is 3.04. The Morgan fingerprint density at radius 3 is 2.13 bits per heavy atom. The van der Waals surface area contributed by atoms with E-state index in [9.17, 15) is 19.2 Å². The lowest BCUT2D eigenvalue weighted by atomic mass is 10.1. The highest BCUT2D eigenvalue weighted by molar-refractivity contribution is 5.92. The second-order valence-electron chi connectivity index (χ2n) is 5.12. The van der Waals surface area contributed by atoms with Crippen molar-refractivity contribution < 1.29 is 29.4 Å². The van der Waals surface area contributed by atoms with Crippen LogP contribution in [0.2, 0.25) is 0 Å². The molecule has 10 heteroatoms. The molecule has 0 aromatic carbocycles. The minimum Gasteiger partial charge on any atom is -0.481 e. The summed E-state index contributed by atoms with van der Waals surface area (Å²) in [6, 6.07) is -3.41. The van der Waals surface area contributed by atoms with Crippen LogP contribution in [0.1, 0.15) is 32.6 Å². The van der Waals surface area contributed by atoms with Gasteiger partial charge < -0.3 is 32.3 Å². The van der Waals surface area contributed by atoms with Crippen molar-refractivity contribution in [2.45, 2.75) is 50.7 Å². The number of amides is 2. The number of nitrogens with one attached hydrogen (secondary N) is 2. The number of hydrogen-bond acceptors (Lipinski definition) is 6. The molecular formula is C13H24N4O6. The SMILES string of the molecule is CC(NC(=O)C(N)CC(=O)O)C(=O)NC(CCCCN)C(=O)O. The molecule has 2 amide bonds. The smallest absolute Gasteiger partial charge is 0.326 e. The number of aliphatic carboxylic acids is 2. The van der Waals surface area contributed by atoms with E-state index in [0.29, 0.717) is 19.4 Å². The van der Waals surface area contributed by atoms with Gasteiger partial charge in [0.15, 0.2) is 0 Å². The van der Waals surface area contributed by atoms with Crippen LogP contribution >= 0.6 is 0 Å². The molecule has 0 saturated heterocycles. The van der Waals surface area contributed by atoms with Gasteiger partial charge in [-0.15, -0.1) is 0 Å². The fourth-order valence-electron chi connectivity index (χ4n) is 1.71. The standard InChI is InChI=1S/C13H24N4O6/c1-7(16-12(21)8(15)6-10(18)19)11(20)17-9(13(22)23)4-2-3-5-14/h7-9H,2-6,14-15H2,1H3,(H,16,21)(H,17,20)(H,18,19)(H,22,23). The molecule has 132 valence electrons. The molecule has 0 aliphatic rings. The van der Waals surface area contributed by atoms with Crippen molar-refractivity contribution in [1.82, 2.24) is 10.6 Å². The maximum atomic E-state index is 11.9. The average molecular weight is 332 g/mol. The third-order valence-corrected chi connectivity index (χ3v) is 3.04. The first-order valence-corrected chi connectivity index (χ1v) is 7.20. The Labute approximate surface area is 133 Å². The summed E-state index contributed by atoms with van der Waals surface area (Å²) in [7, 11) is 0. The van der Waals surface area contributed by atoms with Gasteiger partial charge in [0.1, 0.15) is 12.1 Å². The number of hydrogen-bond donors (Lipinski definition) is 6. The van der Waals surface area contributed by atoms with Crippen molar-refractivity contribution in [1.29, 1.82) is 0 Å². The van der Waals surface area contributed by atoms with Crippen LogP contribution in [0.4, 0.5) is 0 Å². The molecule has 0 aliphatic heterocycles. The third kappa shape index (κ3) is 8.73. The van der Waals surface area contributed by atoms with E-state index < -0.39 is 48.3 Å². The minimum atomic E-state index is -1.29. The summed E-state index contributed by atoms with van der Waals surface area (Å²) in [5.74, 6) is -3.92. The summed E-state index contributed by atoms with van der Waals surface area (Å²) in [6.07, 6.45) is 0.822. The molecule has 0 spiro atoms. The van der Waals surface area contributed by atoms with Crippen LogP contribution in [0.25, 0.3) is 0 Å². The van der Waals surface area contributed by atoms with Crippen LogP contribution < -0.4 is 22.1 Å². The van der Waals surface area contributed by atoms with E-state index >= 15 is 0 Å². The van der Waals surface area contributed by atoms with Crippen molar-refractivity contribution in [3.63, 3.8) is 0 Å². The Morgan fingerprint density at radius 2 is 1.65 bits per heavy atom. The van der Waals surface area contributed by atoms with Gasteiger partial charge in [0.25, 0.3) is 0 Å². The van der Waals surface area contributed by atoms with Gasteiger partial charge in [-0.25, -0.2) is 4.79 Å². The van der Waals surface area contributed by atoms with Crippen molar-refractivity contribution in [2.75, 3.05) is 6.54 Å². The molecule has 0 saturated carbocycles. The van der Waals surface area contributed by atoms with Gasteiger partial charge in [0.2, 0.25) is 11.8 Å². The molecule has 0 aromatic heterocycles. The number of nitrogens with two attached hydrogens (primary N) is 2. The lowest BCUT2D eigenvalue weighted by Gasteiger charge is -2.19. The lowest BCUT2D eigenvalue weighted by molar-refractivity contribution is -0.142. The zero-order valence-electron chi connectivity index (χ0n) is 12.9. The molecule has 23 heavy (non-hydrogen) atoms. The van der Waals surface area contributed by atoms with E-state index in [1.54, 1.807) is 0 Å². The average Bonchev–Trinajstić information content (AvgIpc) is 2.44. The molecule has 0 fully saturated rings. The number of carboxylic acids is 2. The second kappa shape index (κ2) is 10.5. The molecule has 0 rings (SSSR count). The van der Waals surface area contributed by atoms with E-state index in [-0.39, 0.29) is 6.42 Å². The van der Waals surface area contributed by atoms with E-state index in [1.807, 2.05) is 0 Å². The molecule has 0 radical (unpaired) electrons. The number of unbranched alkanes of at least 4 members (excludes halogenated alkanes) is 1. The van der Waals surface area contributed by atoms with Gasteiger partial charge in [-0.1, -0.05) is 0 Å². The molecule has 0 heterocycles. The van der Waals surface area contributed by atoms with Crippen LogP contribution in [0, 0.1) is 0 Å². The van der Waals surface area contributed by atoms with Gasteiger partial charge in [0.05, 0.1) is 12.5 Å². The van der Waals surface area contributed by atoms with E-state index in [1.165, 1.54) is 6.92 Å². The molecule has 0 bridgehead atoms. The summed E-state index contributed by atoms with van der Waals surface area (Å²) in [5.41, 5.74) is 10.7. The quantitative estimate of drug-likeness (QED) is 0.234.